The lowest BCUT2D eigenvalue weighted by atomic mass is 9.96. The molecule has 12 N–H and O–H groups in total. The van der Waals surface area contributed by atoms with E-state index in [9.17, 15) is 28.8 Å². The molecule has 0 unspecified atom stereocenters. The number of alkyl carbamates (subject to hydrolysis) is 6. The van der Waals surface area contributed by atoms with Crippen molar-refractivity contribution in [2.75, 3.05) is 163 Å². The van der Waals surface area contributed by atoms with Gasteiger partial charge in [0.25, 0.3) is 0 Å². The number of hydrogen-bond donors (Lipinski definition) is 12. The van der Waals surface area contributed by atoms with Crippen molar-refractivity contribution in [3.8, 4) is 0 Å². The Morgan fingerprint density at radius 3 is 0.890 bits per heavy atom. The van der Waals surface area contributed by atoms with Gasteiger partial charge in [0.2, 0.25) is 0 Å². The van der Waals surface area contributed by atoms with Gasteiger partial charge in [-0.3, -0.25) is 0 Å². The fourth-order valence-electron chi connectivity index (χ4n) is 13.8. The summed E-state index contributed by atoms with van der Waals surface area (Å²) in [5, 5.41) is 17.1. The lowest BCUT2D eigenvalue weighted by Gasteiger charge is -2.13. The fraction of sp³-hybridized carbons (Fsp3) is 0.443. The highest BCUT2D eigenvalue weighted by molar-refractivity contribution is 5.90. The number of H-pyrrole nitrogens is 6. The molecule has 0 spiro atoms. The Labute approximate surface area is 808 Å². The van der Waals surface area contributed by atoms with Gasteiger partial charge >= 0.3 is 36.6 Å². The average Bonchev–Trinajstić information content (AvgIpc) is 1.59. The molecule has 6 aliphatic heterocycles. The van der Waals surface area contributed by atoms with Gasteiger partial charge in [0, 0.05) is 183 Å². The standard InChI is InChI=1S/C17H23N3O2.5C16H21N3O2/c1-11-12(8-14-10-22-17(21)19-14)4-5-15-16(11)13(9-18-15)6-7-20(2)3;5*1-19(2)6-5-12-9-17-15-4-3-11(8-14(12)15)7-13-10-21-16(20)18-13/h4-5,9,14,18H,6-8,10H2,1-3H3,(H,19,21);5*3-4,8-9,13,17H,5-7,10H2,1-2H3,(H,18,20)/t14-;5*13-/m000000/s1/i2D3,4D,5D,7D2;1D3,2D3,3D,4D,6D2,8D;1D3,2D3,3D,4D,5D2,8D;1D3,3D,4D,5D2,8D;3D,4D,6D2,8D;3D,4D,5D2,8D. The fourth-order valence-corrected chi connectivity index (χ4v) is 13.8. The van der Waals surface area contributed by atoms with E-state index in [1.807, 2.05) is 0 Å². The Balaban J connectivity index is 0.000000171. The summed E-state index contributed by atoms with van der Waals surface area (Å²) in [5.41, 5.74) is 4.98. The first-order chi connectivity index (χ1) is 80.0. The molecule has 6 aromatic heterocycles. The van der Waals surface area contributed by atoms with Crippen LogP contribution in [0.2, 0.25) is 0 Å². The van der Waals surface area contributed by atoms with Gasteiger partial charge in [-0.15, -0.1) is 0 Å². The molecule has 6 amide bonds. The minimum absolute atomic E-state index is 0.00338. The maximum Gasteiger partial charge on any atom is 0.407 e. The van der Waals surface area contributed by atoms with Gasteiger partial charge in [-0.1, -0.05) is 36.3 Å². The topological polar surface area (TPSA) is 344 Å². The number of likely N-dealkylation sites (N-methyl/N-ethyl adjacent to an activating group) is 6. The number of aryl methyl sites for hydroxylation is 4. The summed E-state index contributed by atoms with van der Waals surface area (Å²) in [6, 6.07) is -4.71. The Kier molecular flexibility index (Phi) is 17.1. The molecule has 678 valence electrons. The quantitative estimate of drug-likeness (QED) is 0.0186. The summed E-state index contributed by atoms with van der Waals surface area (Å²) in [6.07, 6.45) is -1.48. The molecule has 12 aromatic rings. The third kappa shape index (κ3) is 26.5. The van der Waals surface area contributed by atoms with Crippen LogP contribution < -0.4 is 31.9 Å². The molecule has 6 aliphatic rings. The smallest absolute Gasteiger partial charge is 0.407 e. The summed E-state index contributed by atoms with van der Waals surface area (Å²) in [5.74, 6) is 0. The first-order valence-corrected chi connectivity index (χ1v) is 40.0. The Morgan fingerprint density at radius 2 is 0.575 bits per heavy atom. The average molecular weight is 1790 g/mol. The molecular formula is C97H128N18O12. The van der Waals surface area contributed by atoms with Crippen molar-refractivity contribution in [2.24, 2.45) is 0 Å². The van der Waals surface area contributed by atoms with Crippen LogP contribution in [0, 0.1) is 6.92 Å². The number of hydrogen-bond acceptors (Lipinski definition) is 18. The van der Waals surface area contributed by atoms with Crippen molar-refractivity contribution in [2.45, 2.75) is 120 Å². The molecule has 30 heteroatoms. The van der Waals surface area contributed by atoms with E-state index in [1.165, 1.54) is 37.6 Å². The van der Waals surface area contributed by atoms with Gasteiger partial charge in [-0.05, 0) is 307 Å². The number of benzene rings is 6. The molecule has 6 atom stereocenters. The third-order valence-electron chi connectivity index (χ3n) is 19.9. The van der Waals surface area contributed by atoms with Crippen LogP contribution >= 0.6 is 0 Å². The summed E-state index contributed by atoms with van der Waals surface area (Å²) in [4.78, 5) is 89.1. The number of fused-ring (bicyclic) bond motifs is 6. The van der Waals surface area contributed by atoms with Gasteiger partial charge in [-0.25, -0.2) is 28.8 Å². The normalized spacial score (nSPS) is 24.8. The Morgan fingerprint density at radius 1 is 0.307 bits per heavy atom. The second-order valence-corrected chi connectivity index (χ2v) is 30.5. The lowest BCUT2D eigenvalue weighted by Crippen LogP contribution is -2.28. The molecule has 6 fully saturated rings. The van der Waals surface area contributed by atoms with Crippen molar-refractivity contribution in [1.82, 2.24) is 91.2 Å². The zero-order valence-corrected chi connectivity index (χ0v) is 70.2. The van der Waals surface area contributed by atoms with E-state index in [0.717, 1.165) is 11.1 Å². The second-order valence-electron chi connectivity index (χ2n) is 30.5. The largest absolute Gasteiger partial charge is 0.447 e. The van der Waals surface area contributed by atoms with Crippen LogP contribution in [0.25, 0.3) is 65.4 Å². The van der Waals surface area contributed by atoms with E-state index in [2.05, 4.69) is 61.8 Å². The minimum atomic E-state index is -3.26. The van der Waals surface area contributed by atoms with Gasteiger partial charge in [0.15, 0.2) is 0 Å². The van der Waals surface area contributed by atoms with E-state index in [0.29, 0.717) is 77.5 Å². The van der Waals surface area contributed by atoms with E-state index in [1.54, 1.807) is 52.4 Å². The van der Waals surface area contributed by atoms with E-state index in [-0.39, 0.29) is 293 Å². The maximum absolute atomic E-state index is 11.3. The summed E-state index contributed by atoms with van der Waals surface area (Å²) < 4.78 is 405. The number of carbonyl (C=O) groups excluding carboxylic acids is 6. The highest BCUT2D eigenvalue weighted by Gasteiger charge is 2.29. The Hall–Kier alpha value is -12.1. The molecule has 30 nitrogen and oxygen atoms in total. The zero-order chi connectivity index (χ0) is 130. The lowest BCUT2D eigenvalue weighted by molar-refractivity contribution is 0.176. The van der Waals surface area contributed by atoms with Crippen LogP contribution in [-0.4, -0.2) is 295 Å². The molecule has 0 radical (unpaired) electrons. The molecule has 6 saturated heterocycles. The summed E-state index contributed by atoms with van der Waals surface area (Å²) >= 11 is 0. The van der Waals surface area contributed by atoms with Crippen molar-refractivity contribution in [1.29, 1.82) is 0 Å². The molecule has 12 heterocycles. The number of ether oxygens (including phenoxy) is 6. The Bertz CT molecular complexity index is 8090. The SMILES string of the molecule is [2H]c1c(C[C@H]2COC(=O)N2)c(C)c2c(CC([2H])([2H])N(C)C([2H])([2H])[2H])c[nH]c2c1[2H].[2H]c1c(C[C@H]2COC(=O)N2)c([2H])c2c(C([2H])([2H])CN(C([2H])([2H])[2H])C([2H])([2H])[2H])c[nH]c2c1[2H].[2H]c1c(C[C@H]2COC(=O)N2)c([2H])c2c(C([2H])([2H])CN(C)C([2H])([2H])[2H])c[nH]c2c1[2H].[2H]c1c(C[C@H]2COC(=O)N2)c([2H])c2c(C([2H])([2H])CN(C)C)c[nH]c2c1[2H].[2H]c1c(C[C@H]2COC(=O)N2)c([2H])c2c(CC([2H])([2H])N(C([2H])([2H])[2H])C([2H])([2H])[2H])c[nH]c2c1[2H].[2H]c1c(C[C@H]2COC(=O)N2)c([2H])c2c(CC([2H])([2H])N(C)C)c[nH]c2c1[2H]. The van der Waals surface area contributed by atoms with Crippen LogP contribution in [0.4, 0.5) is 28.8 Å². The number of nitrogens with one attached hydrogen (secondary N) is 12. The molecule has 0 saturated carbocycles. The van der Waals surface area contributed by atoms with Crippen LogP contribution in [0.5, 0.6) is 0 Å². The number of amides is 6. The van der Waals surface area contributed by atoms with Crippen LogP contribution in [0.3, 0.4) is 0 Å². The number of aromatic nitrogens is 6. The maximum atomic E-state index is 11.3. The van der Waals surface area contributed by atoms with Crippen molar-refractivity contribution in [3.63, 3.8) is 0 Å². The molecule has 127 heavy (non-hydrogen) atoms. The number of nitrogens with zero attached hydrogens (tertiary/aromatic N) is 6. The third-order valence-corrected chi connectivity index (χ3v) is 19.9. The predicted molar refractivity (Wildman–Crippen MR) is 500 cm³/mol. The highest BCUT2D eigenvalue weighted by Crippen LogP contribution is 2.31. The van der Waals surface area contributed by atoms with Crippen LogP contribution in [0.1, 0.15) is 137 Å². The monoisotopic (exact) mass is 1780 g/mol. The molecule has 0 aliphatic carbocycles. The van der Waals surface area contributed by atoms with Gasteiger partial charge in [0.05, 0.1) is 59.6 Å². The number of carbonyl (C=O) groups is 6. The first kappa shape index (κ1) is 49.3. The minimum Gasteiger partial charge on any atom is -0.447 e. The molecular weight excluding hydrogens is 1610 g/mol. The van der Waals surface area contributed by atoms with Crippen molar-refractivity contribution >= 4 is 102 Å². The highest BCUT2D eigenvalue weighted by atomic mass is 16.6. The van der Waals surface area contributed by atoms with Crippen molar-refractivity contribution < 1.29 is 122 Å². The first-order valence-electron chi connectivity index (χ1n) is 63.5. The summed E-state index contributed by atoms with van der Waals surface area (Å²) in [6.45, 7) is -23.4. The van der Waals surface area contributed by atoms with Gasteiger partial charge in [-0.2, -0.15) is 0 Å². The number of aromatic amines is 6. The second kappa shape index (κ2) is 43.9. The van der Waals surface area contributed by atoms with E-state index in [4.69, 9.17) is 92.8 Å². The molecule has 18 rings (SSSR count). The van der Waals surface area contributed by atoms with E-state index < -0.39 is 155 Å². The summed E-state index contributed by atoms with van der Waals surface area (Å²) in [7, 11) is 9.31. The van der Waals surface area contributed by atoms with Crippen LogP contribution in [-0.2, 0) is 105 Å². The molecule has 0 bridgehead atoms. The van der Waals surface area contributed by atoms with Crippen LogP contribution in [0.15, 0.2) is 140 Å². The van der Waals surface area contributed by atoms with E-state index >= 15 is 0 Å². The zero-order valence-electron chi connectivity index (χ0n) is 117. The van der Waals surface area contributed by atoms with Gasteiger partial charge < -0.3 is 120 Å². The predicted octanol–water partition coefficient (Wildman–Crippen LogP) is 11.8. The van der Waals surface area contributed by atoms with Gasteiger partial charge in [0.1, 0.15) is 39.6 Å². The number of cyclic esters (lactones) is 6. The molecule has 6 aromatic carbocycles. The number of rotatable bonds is 30. The van der Waals surface area contributed by atoms with Crippen molar-refractivity contribution in [3.05, 3.63) is 212 Å².